The number of carbonyl (C=O) groups excluding carboxylic acids is 1. The van der Waals surface area contributed by atoms with Crippen LogP contribution < -0.4 is 5.32 Å². The van der Waals surface area contributed by atoms with Gasteiger partial charge in [0.15, 0.2) is 11.0 Å². The Labute approximate surface area is 166 Å². The molecule has 3 rings (SSSR count). The zero-order valence-corrected chi connectivity index (χ0v) is 16.5. The van der Waals surface area contributed by atoms with E-state index >= 15 is 0 Å². The second kappa shape index (κ2) is 8.22. The third-order valence-corrected chi connectivity index (χ3v) is 5.19. The van der Waals surface area contributed by atoms with Gasteiger partial charge in [0.1, 0.15) is 0 Å². The van der Waals surface area contributed by atoms with Gasteiger partial charge >= 0.3 is 0 Å². The molecule has 28 heavy (non-hydrogen) atoms. The first-order chi connectivity index (χ1) is 13.3. The Hall–Kier alpha value is -3.20. The Kier molecular flexibility index (Phi) is 5.74. The second-order valence-electron chi connectivity index (χ2n) is 6.32. The molecule has 0 unspecified atom stereocenters. The number of nitrogens with zero attached hydrogens (tertiary/aromatic N) is 4. The zero-order chi connectivity index (χ0) is 20.3. The van der Waals surface area contributed by atoms with Crippen LogP contribution in [-0.4, -0.2) is 31.3 Å². The maximum absolute atomic E-state index is 12.3. The number of rotatable bonds is 6. The normalized spacial score (nSPS) is 10.7. The number of hydrogen-bond donors (Lipinski definition) is 1. The number of anilines is 1. The quantitative estimate of drug-likeness (QED) is 0.386. The van der Waals surface area contributed by atoms with Crippen LogP contribution in [-0.2, 0) is 11.8 Å². The highest BCUT2D eigenvalue weighted by Crippen LogP contribution is 2.24. The molecule has 1 heterocycles. The number of nitrogens with one attached hydrogen (secondary N) is 1. The van der Waals surface area contributed by atoms with E-state index in [1.807, 2.05) is 42.8 Å². The molecule has 0 saturated carbocycles. The largest absolute Gasteiger partial charge is 0.325 e. The number of nitro groups is 1. The number of non-ortho nitro benzene ring substituents is 1. The van der Waals surface area contributed by atoms with Gasteiger partial charge in [-0.25, -0.2) is 0 Å². The smallest absolute Gasteiger partial charge is 0.269 e. The van der Waals surface area contributed by atoms with Gasteiger partial charge in [-0.05, 0) is 25.5 Å². The minimum atomic E-state index is -0.464. The maximum Gasteiger partial charge on any atom is 0.269 e. The van der Waals surface area contributed by atoms with E-state index in [-0.39, 0.29) is 17.3 Å². The Bertz CT molecular complexity index is 1030. The lowest BCUT2D eigenvalue weighted by Gasteiger charge is -2.08. The van der Waals surface area contributed by atoms with E-state index in [0.717, 1.165) is 11.4 Å². The number of thioether (sulfide) groups is 1. The molecule has 0 fully saturated rings. The Morgan fingerprint density at radius 3 is 2.54 bits per heavy atom. The summed E-state index contributed by atoms with van der Waals surface area (Å²) in [4.78, 5) is 22.6. The van der Waals surface area contributed by atoms with Crippen molar-refractivity contribution in [3.8, 4) is 11.4 Å². The van der Waals surface area contributed by atoms with Gasteiger partial charge in [0, 0.05) is 30.4 Å². The lowest BCUT2D eigenvalue weighted by atomic mass is 10.1. The first-order valence-electron chi connectivity index (χ1n) is 8.49. The summed E-state index contributed by atoms with van der Waals surface area (Å²) in [6, 6.07) is 12.3. The lowest BCUT2D eigenvalue weighted by Crippen LogP contribution is -2.15. The molecule has 8 nitrogen and oxygen atoms in total. The van der Waals surface area contributed by atoms with Crippen LogP contribution in [0.1, 0.15) is 11.1 Å². The summed E-state index contributed by atoms with van der Waals surface area (Å²) in [6.45, 7) is 3.74. The minimum absolute atomic E-state index is 0.00686. The van der Waals surface area contributed by atoms with Crippen molar-refractivity contribution in [2.45, 2.75) is 19.0 Å². The van der Waals surface area contributed by atoms with Crippen LogP contribution in [0.15, 0.2) is 47.6 Å². The van der Waals surface area contributed by atoms with Gasteiger partial charge < -0.3 is 9.88 Å². The lowest BCUT2D eigenvalue weighted by molar-refractivity contribution is -0.384. The number of nitro benzene ring substituents is 1. The molecular formula is C19H19N5O3S. The summed E-state index contributed by atoms with van der Waals surface area (Å²) in [5.74, 6) is 0.659. The Morgan fingerprint density at radius 2 is 1.89 bits per heavy atom. The molecule has 0 aliphatic carbocycles. The molecule has 0 saturated heterocycles. The van der Waals surface area contributed by atoms with Crippen molar-refractivity contribution in [1.82, 2.24) is 14.8 Å². The SMILES string of the molecule is Cc1ccc(-c2nnc(SCC(=O)Nc3ccc([N+](=O)[O-])cc3C)n2C)cc1. The van der Waals surface area contributed by atoms with Crippen molar-refractivity contribution in [3.63, 3.8) is 0 Å². The van der Waals surface area contributed by atoms with Gasteiger partial charge in [0.25, 0.3) is 5.69 Å². The van der Waals surface area contributed by atoms with Gasteiger partial charge in [-0.1, -0.05) is 41.6 Å². The van der Waals surface area contributed by atoms with Gasteiger partial charge in [0.2, 0.25) is 5.91 Å². The van der Waals surface area contributed by atoms with E-state index in [9.17, 15) is 14.9 Å². The molecule has 2 aromatic carbocycles. The number of benzene rings is 2. The average Bonchev–Trinajstić information content (AvgIpc) is 3.03. The van der Waals surface area contributed by atoms with Gasteiger partial charge in [-0.15, -0.1) is 10.2 Å². The molecule has 144 valence electrons. The summed E-state index contributed by atoms with van der Waals surface area (Å²) in [7, 11) is 1.86. The summed E-state index contributed by atoms with van der Waals surface area (Å²) < 4.78 is 1.85. The van der Waals surface area contributed by atoms with E-state index in [1.165, 1.54) is 35.5 Å². The molecule has 0 bridgehead atoms. The van der Waals surface area contributed by atoms with Crippen LogP contribution in [0.2, 0.25) is 0 Å². The fourth-order valence-electron chi connectivity index (χ4n) is 2.61. The van der Waals surface area contributed by atoms with Crippen molar-refractivity contribution in [3.05, 3.63) is 63.7 Å². The van der Waals surface area contributed by atoms with Crippen molar-refractivity contribution < 1.29 is 9.72 Å². The average molecular weight is 397 g/mol. The molecule has 0 aliphatic heterocycles. The van der Waals surface area contributed by atoms with Crippen molar-refractivity contribution >= 4 is 29.0 Å². The molecule has 9 heteroatoms. The van der Waals surface area contributed by atoms with Crippen LogP contribution in [0.3, 0.4) is 0 Å². The summed E-state index contributed by atoms with van der Waals surface area (Å²) in [6.07, 6.45) is 0. The summed E-state index contributed by atoms with van der Waals surface area (Å²) in [5.41, 5.74) is 3.30. The van der Waals surface area contributed by atoms with Gasteiger partial charge in [-0.2, -0.15) is 0 Å². The fourth-order valence-corrected chi connectivity index (χ4v) is 3.32. The summed E-state index contributed by atoms with van der Waals surface area (Å²) in [5, 5.41) is 22.6. The molecule has 1 amide bonds. The zero-order valence-electron chi connectivity index (χ0n) is 15.7. The van der Waals surface area contributed by atoms with Crippen LogP contribution in [0.4, 0.5) is 11.4 Å². The number of hydrogen-bond acceptors (Lipinski definition) is 6. The van der Waals surface area contributed by atoms with Crippen molar-refractivity contribution in [1.29, 1.82) is 0 Å². The van der Waals surface area contributed by atoms with Crippen LogP contribution in [0.5, 0.6) is 0 Å². The monoisotopic (exact) mass is 397 g/mol. The summed E-state index contributed by atoms with van der Waals surface area (Å²) >= 11 is 1.28. The standard InChI is InChI=1S/C19H19N5O3S/c1-12-4-6-14(7-5-12)18-21-22-19(23(18)3)28-11-17(25)20-16-9-8-15(24(26)27)10-13(16)2/h4-10H,11H2,1-3H3,(H,20,25). The molecule has 1 N–H and O–H groups in total. The topological polar surface area (TPSA) is 103 Å². The molecule has 0 radical (unpaired) electrons. The molecular weight excluding hydrogens is 378 g/mol. The number of aryl methyl sites for hydroxylation is 2. The number of carbonyl (C=O) groups is 1. The van der Waals surface area contributed by atoms with Crippen LogP contribution in [0.25, 0.3) is 11.4 Å². The fraction of sp³-hybridized carbons (Fsp3) is 0.211. The van der Waals surface area contributed by atoms with E-state index in [4.69, 9.17) is 0 Å². The molecule has 3 aromatic rings. The molecule has 1 aromatic heterocycles. The van der Waals surface area contributed by atoms with Crippen molar-refractivity contribution in [2.75, 3.05) is 11.1 Å². The van der Waals surface area contributed by atoms with Crippen LogP contribution in [0, 0.1) is 24.0 Å². The maximum atomic E-state index is 12.3. The predicted octanol–water partition coefficient (Wildman–Crippen LogP) is 3.74. The highest BCUT2D eigenvalue weighted by Gasteiger charge is 2.14. The Balaban J connectivity index is 1.64. The number of aromatic nitrogens is 3. The van der Waals surface area contributed by atoms with E-state index in [1.54, 1.807) is 6.92 Å². The predicted molar refractivity (Wildman–Crippen MR) is 108 cm³/mol. The van der Waals surface area contributed by atoms with E-state index < -0.39 is 4.92 Å². The third-order valence-electron chi connectivity index (χ3n) is 4.17. The Morgan fingerprint density at radius 1 is 1.18 bits per heavy atom. The van der Waals surface area contributed by atoms with Gasteiger partial charge in [0.05, 0.1) is 10.7 Å². The minimum Gasteiger partial charge on any atom is -0.325 e. The first kappa shape index (κ1) is 19.6. The molecule has 0 spiro atoms. The second-order valence-corrected chi connectivity index (χ2v) is 7.27. The third kappa shape index (κ3) is 4.37. The van der Waals surface area contributed by atoms with E-state index in [0.29, 0.717) is 16.4 Å². The highest BCUT2D eigenvalue weighted by atomic mass is 32.2. The van der Waals surface area contributed by atoms with E-state index in [2.05, 4.69) is 15.5 Å². The van der Waals surface area contributed by atoms with Gasteiger partial charge in [-0.3, -0.25) is 14.9 Å². The van der Waals surface area contributed by atoms with Crippen molar-refractivity contribution in [2.24, 2.45) is 7.05 Å². The highest BCUT2D eigenvalue weighted by molar-refractivity contribution is 7.99. The first-order valence-corrected chi connectivity index (χ1v) is 9.48. The molecule has 0 atom stereocenters. The number of amides is 1. The molecule has 0 aliphatic rings. The van der Waals surface area contributed by atoms with Crippen LogP contribution >= 0.6 is 11.8 Å².